The smallest absolute Gasteiger partial charge is 0.211 e. The van der Waals surface area contributed by atoms with Crippen molar-refractivity contribution in [2.45, 2.75) is 33.4 Å². The molecule has 3 aromatic rings. The van der Waals surface area contributed by atoms with Crippen molar-refractivity contribution in [1.82, 2.24) is 10.3 Å². The van der Waals surface area contributed by atoms with Crippen molar-refractivity contribution in [3.05, 3.63) is 53.4 Å². The average Bonchev–Trinajstić information content (AvgIpc) is 2.99. The molecule has 0 saturated carbocycles. The Morgan fingerprint density at radius 3 is 2.75 bits per heavy atom. The highest BCUT2D eigenvalue weighted by molar-refractivity contribution is 5.82. The molecule has 0 aliphatic heterocycles. The van der Waals surface area contributed by atoms with Gasteiger partial charge in [-0.15, -0.1) is 0 Å². The summed E-state index contributed by atoms with van der Waals surface area (Å²) < 4.78 is 11.3. The first-order chi connectivity index (χ1) is 9.65. The van der Waals surface area contributed by atoms with Crippen LogP contribution in [0.2, 0.25) is 0 Å². The number of nitrogens with one attached hydrogen (secondary N) is 1. The van der Waals surface area contributed by atoms with Gasteiger partial charge in [0.15, 0.2) is 0 Å². The zero-order chi connectivity index (χ0) is 14.1. The molecular formula is C16H18N2O2. The lowest BCUT2D eigenvalue weighted by Crippen LogP contribution is -2.18. The Labute approximate surface area is 117 Å². The Kier molecular flexibility index (Phi) is 3.32. The molecule has 4 nitrogen and oxygen atoms in total. The molecule has 0 amide bonds. The summed E-state index contributed by atoms with van der Waals surface area (Å²) in [4.78, 5) is 4.25. The second-order valence-corrected chi connectivity index (χ2v) is 5.04. The van der Waals surface area contributed by atoms with Crippen LogP contribution in [0.5, 0.6) is 0 Å². The Morgan fingerprint density at radius 2 is 2.00 bits per heavy atom. The van der Waals surface area contributed by atoms with Crippen molar-refractivity contribution in [2.75, 3.05) is 0 Å². The number of nitrogens with zero attached hydrogens (tertiary/aromatic N) is 1. The molecular weight excluding hydrogens is 252 g/mol. The van der Waals surface area contributed by atoms with Crippen LogP contribution in [0.15, 0.2) is 39.3 Å². The molecule has 0 aliphatic rings. The molecule has 104 valence electrons. The summed E-state index contributed by atoms with van der Waals surface area (Å²) in [6, 6.07) is 8.16. The van der Waals surface area contributed by atoms with E-state index >= 15 is 0 Å². The molecule has 0 saturated heterocycles. The molecule has 2 aromatic heterocycles. The molecule has 0 aliphatic carbocycles. The molecule has 4 heteroatoms. The van der Waals surface area contributed by atoms with Gasteiger partial charge < -0.3 is 14.2 Å². The third-order valence-electron chi connectivity index (χ3n) is 3.49. The lowest BCUT2D eigenvalue weighted by molar-refractivity contribution is 0.401. The Morgan fingerprint density at radius 1 is 1.20 bits per heavy atom. The van der Waals surface area contributed by atoms with Crippen molar-refractivity contribution >= 4 is 11.0 Å². The maximum atomic E-state index is 5.76. The summed E-state index contributed by atoms with van der Waals surface area (Å²) >= 11 is 0. The third-order valence-corrected chi connectivity index (χ3v) is 3.49. The molecule has 0 bridgehead atoms. The van der Waals surface area contributed by atoms with Crippen LogP contribution in [0, 0.1) is 13.8 Å². The van der Waals surface area contributed by atoms with Crippen LogP contribution < -0.4 is 5.32 Å². The van der Waals surface area contributed by atoms with Gasteiger partial charge in [0.2, 0.25) is 5.89 Å². The average molecular weight is 270 g/mol. The highest BCUT2D eigenvalue weighted by atomic mass is 16.4. The van der Waals surface area contributed by atoms with Crippen LogP contribution in [-0.4, -0.2) is 4.98 Å². The second-order valence-electron chi connectivity index (χ2n) is 5.04. The van der Waals surface area contributed by atoms with E-state index in [9.17, 15) is 0 Å². The number of oxazole rings is 1. The van der Waals surface area contributed by atoms with E-state index in [1.807, 2.05) is 39.0 Å². The monoisotopic (exact) mass is 270 g/mol. The maximum absolute atomic E-state index is 5.76. The number of para-hydroxylation sites is 1. The fourth-order valence-corrected chi connectivity index (χ4v) is 2.36. The molecule has 3 rings (SSSR count). The number of benzene rings is 1. The minimum atomic E-state index is 0.0664. The van der Waals surface area contributed by atoms with Crippen molar-refractivity contribution in [3.63, 3.8) is 0 Å². The largest absolute Gasteiger partial charge is 0.461 e. The molecule has 1 atom stereocenters. The molecule has 1 unspecified atom stereocenters. The lowest BCUT2D eigenvalue weighted by Gasteiger charge is -2.10. The van der Waals surface area contributed by atoms with Gasteiger partial charge in [0.1, 0.15) is 17.1 Å². The summed E-state index contributed by atoms with van der Waals surface area (Å²) in [7, 11) is 0. The predicted octanol–water partition coefficient (Wildman–Crippen LogP) is 3.89. The topological polar surface area (TPSA) is 51.2 Å². The Hall–Kier alpha value is -2.07. The highest BCUT2D eigenvalue weighted by Gasteiger charge is 2.14. The van der Waals surface area contributed by atoms with E-state index in [2.05, 4.69) is 16.4 Å². The lowest BCUT2D eigenvalue weighted by atomic mass is 10.1. The van der Waals surface area contributed by atoms with Gasteiger partial charge in [0, 0.05) is 17.5 Å². The number of furan rings is 1. The second kappa shape index (κ2) is 5.13. The van der Waals surface area contributed by atoms with E-state index in [0.717, 1.165) is 29.0 Å². The van der Waals surface area contributed by atoms with Crippen LogP contribution >= 0.6 is 0 Å². The van der Waals surface area contributed by atoms with E-state index in [0.29, 0.717) is 5.89 Å². The summed E-state index contributed by atoms with van der Waals surface area (Å²) in [5, 5.41) is 4.59. The Balaban J connectivity index is 1.78. The minimum Gasteiger partial charge on any atom is -0.461 e. The van der Waals surface area contributed by atoms with Gasteiger partial charge in [0.25, 0.3) is 0 Å². The van der Waals surface area contributed by atoms with Crippen LogP contribution in [0.3, 0.4) is 0 Å². The fraction of sp³-hybridized carbons (Fsp3) is 0.312. The molecule has 1 N–H and O–H groups in total. The standard InChI is InChI=1S/C16H18N2O2/c1-10-8-18-16(19-10)11(2)17-9-14-12(3)20-15-7-5-4-6-13(14)15/h4-8,11,17H,9H2,1-3H3. The summed E-state index contributed by atoms with van der Waals surface area (Å²) in [6.45, 7) is 6.67. The van der Waals surface area contributed by atoms with Crippen LogP contribution in [0.1, 0.15) is 35.9 Å². The number of hydrogen-bond donors (Lipinski definition) is 1. The van der Waals surface area contributed by atoms with Crippen LogP contribution in [0.4, 0.5) is 0 Å². The van der Waals surface area contributed by atoms with E-state index in [1.54, 1.807) is 6.20 Å². The molecule has 0 spiro atoms. The molecule has 2 heterocycles. The van der Waals surface area contributed by atoms with Gasteiger partial charge in [-0.25, -0.2) is 4.98 Å². The summed E-state index contributed by atoms with van der Waals surface area (Å²) in [5.74, 6) is 2.50. The van der Waals surface area contributed by atoms with E-state index < -0.39 is 0 Å². The van der Waals surface area contributed by atoms with Gasteiger partial charge in [-0.1, -0.05) is 18.2 Å². The summed E-state index contributed by atoms with van der Waals surface area (Å²) in [5.41, 5.74) is 2.12. The SMILES string of the molecule is Cc1cnc(C(C)NCc2c(C)oc3ccccc23)o1. The van der Waals surface area contributed by atoms with E-state index in [-0.39, 0.29) is 6.04 Å². The first-order valence-corrected chi connectivity index (χ1v) is 6.78. The van der Waals surface area contributed by atoms with Crippen molar-refractivity contribution in [2.24, 2.45) is 0 Å². The highest BCUT2D eigenvalue weighted by Crippen LogP contribution is 2.25. The van der Waals surface area contributed by atoms with Gasteiger partial charge in [-0.2, -0.15) is 0 Å². The molecule has 0 fully saturated rings. The number of aromatic nitrogens is 1. The summed E-state index contributed by atoms with van der Waals surface area (Å²) in [6.07, 6.45) is 1.74. The van der Waals surface area contributed by atoms with Gasteiger partial charge in [-0.05, 0) is 26.8 Å². The zero-order valence-corrected chi connectivity index (χ0v) is 11.9. The van der Waals surface area contributed by atoms with Gasteiger partial charge >= 0.3 is 0 Å². The van der Waals surface area contributed by atoms with E-state index in [1.165, 1.54) is 5.56 Å². The zero-order valence-electron chi connectivity index (χ0n) is 11.9. The predicted molar refractivity (Wildman–Crippen MR) is 77.4 cm³/mol. The minimum absolute atomic E-state index is 0.0664. The third kappa shape index (κ3) is 2.34. The number of fused-ring (bicyclic) bond motifs is 1. The number of rotatable bonds is 4. The molecule has 0 radical (unpaired) electrons. The number of aryl methyl sites for hydroxylation is 2. The van der Waals surface area contributed by atoms with Crippen LogP contribution in [0.25, 0.3) is 11.0 Å². The maximum Gasteiger partial charge on any atom is 0.211 e. The van der Waals surface area contributed by atoms with Gasteiger partial charge in [0.05, 0.1) is 12.2 Å². The first kappa shape index (κ1) is 12.9. The normalized spacial score (nSPS) is 12.9. The van der Waals surface area contributed by atoms with Crippen molar-refractivity contribution in [1.29, 1.82) is 0 Å². The van der Waals surface area contributed by atoms with Crippen LogP contribution in [-0.2, 0) is 6.54 Å². The Bertz CT molecular complexity index is 727. The molecule has 1 aromatic carbocycles. The fourth-order valence-electron chi connectivity index (χ4n) is 2.36. The van der Waals surface area contributed by atoms with E-state index in [4.69, 9.17) is 8.83 Å². The number of hydrogen-bond acceptors (Lipinski definition) is 4. The van der Waals surface area contributed by atoms with Gasteiger partial charge in [-0.3, -0.25) is 0 Å². The molecule has 20 heavy (non-hydrogen) atoms. The quantitative estimate of drug-likeness (QED) is 0.781. The van der Waals surface area contributed by atoms with Crippen molar-refractivity contribution < 1.29 is 8.83 Å². The first-order valence-electron chi connectivity index (χ1n) is 6.78. The van der Waals surface area contributed by atoms with Crippen molar-refractivity contribution in [3.8, 4) is 0 Å².